The number of rotatable bonds is 4. The van der Waals surface area contributed by atoms with Gasteiger partial charge in [0.05, 0.1) is 0 Å². The van der Waals surface area contributed by atoms with Gasteiger partial charge in [-0.3, -0.25) is 4.79 Å². The largest absolute Gasteiger partial charge is 0.354 e. The van der Waals surface area contributed by atoms with Gasteiger partial charge in [-0.25, -0.2) is 9.37 Å². The quantitative estimate of drug-likeness (QED) is 0.701. The fraction of sp³-hybridized carbons (Fsp3) is 0.435. The molecule has 1 aromatic heterocycles. The second kappa shape index (κ2) is 9.43. The van der Waals surface area contributed by atoms with Crippen LogP contribution in [0.5, 0.6) is 0 Å². The van der Waals surface area contributed by atoms with Crippen molar-refractivity contribution in [2.24, 2.45) is 0 Å². The van der Waals surface area contributed by atoms with Crippen LogP contribution in [0.3, 0.4) is 0 Å². The maximum Gasteiger partial charge on any atom is 0.246 e. The molecule has 31 heavy (non-hydrogen) atoms. The Morgan fingerprint density at radius 3 is 2.35 bits per heavy atom. The smallest absolute Gasteiger partial charge is 0.246 e. The van der Waals surface area contributed by atoms with Crippen LogP contribution in [-0.2, 0) is 4.79 Å². The Hall–Kier alpha value is -3.00. The topological polar surface area (TPSA) is 55.8 Å². The molecule has 0 spiro atoms. The molecule has 2 aliphatic rings. The highest BCUT2D eigenvalue weighted by Crippen LogP contribution is 2.20. The lowest BCUT2D eigenvalue weighted by atomic mass is 10.2. The Labute approximate surface area is 182 Å². The molecule has 4 rings (SSSR count). The number of aryl methyl sites for hydroxylation is 1. The summed E-state index contributed by atoms with van der Waals surface area (Å²) in [4.78, 5) is 30.5. The van der Waals surface area contributed by atoms with Crippen molar-refractivity contribution in [1.29, 1.82) is 0 Å². The lowest BCUT2D eigenvalue weighted by molar-refractivity contribution is -0.126. The number of benzene rings is 1. The molecule has 2 aromatic rings. The van der Waals surface area contributed by atoms with E-state index in [4.69, 9.17) is 4.98 Å². The van der Waals surface area contributed by atoms with Crippen LogP contribution in [0, 0.1) is 12.7 Å². The van der Waals surface area contributed by atoms with E-state index in [1.807, 2.05) is 13.0 Å². The highest BCUT2D eigenvalue weighted by Gasteiger charge is 2.23. The molecule has 0 radical (unpaired) electrons. The number of nitrogens with zero attached hydrogens (tertiary/aromatic N) is 6. The molecule has 0 aliphatic carbocycles. The predicted molar refractivity (Wildman–Crippen MR) is 121 cm³/mol. The van der Waals surface area contributed by atoms with Gasteiger partial charge in [-0.05, 0) is 26.1 Å². The maximum atomic E-state index is 13.7. The van der Waals surface area contributed by atoms with Crippen molar-refractivity contribution in [3.63, 3.8) is 0 Å². The molecule has 0 unspecified atom stereocenters. The molecule has 164 valence electrons. The van der Waals surface area contributed by atoms with E-state index in [0.29, 0.717) is 31.7 Å². The molecule has 7 nitrogen and oxygen atoms in total. The lowest BCUT2D eigenvalue weighted by Crippen LogP contribution is -2.49. The lowest BCUT2D eigenvalue weighted by Gasteiger charge is -2.36. The minimum absolute atomic E-state index is 0.105. The number of carbonyl (C=O) groups excluding carboxylic acids is 1. The Balaban J connectivity index is 1.37. The van der Waals surface area contributed by atoms with Gasteiger partial charge < -0.3 is 19.6 Å². The average Bonchev–Trinajstić information content (AvgIpc) is 2.78. The number of aromatic nitrogens is 2. The number of piperazine rings is 2. The summed E-state index contributed by atoms with van der Waals surface area (Å²) in [6.45, 7) is 8.49. The van der Waals surface area contributed by atoms with E-state index in [0.717, 1.165) is 43.6 Å². The van der Waals surface area contributed by atoms with Gasteiger partial charge in [0, 0.05) is 75.8 Å². The van der Waals surface area contributed by atoms with Crippen molar-refractivity contribution >= 4 is 23.7 Å². The Morgan fingerprint density at radius 1 is 0.968 bits per heavy atom. The first-order valence-electron chi connectivity index (χ1n) is 10.8. The van der Waals surface area contributed by atoms with Crippen LogP contribution < -0.4 is 9.80 Å². The molecule has 0 bridgehead atoms. The number of carbonyl (C=O) groups is 1. The molecule has 0 saturated carbocycles. The third-order valence-electron chi connectivity index (χ3n) is 5.84. The highest BCUT2D eigenvalue weighted by molar-refractivity contribution is 5.92. The maximum absolute atomic E-state index is 13.7. The van der Waals surface area contributed by atoms with Gasteiger partial charge in [0.1, 0.15) is 11.6 Å². The molecule has 0 atom stereocenters. The van der Waals surface area contributed by atoms with Gasteiger partial charge in [0.25, 0.3) is 0 Å². The van der Waals surface area contributed by atoms with Crippen molar-refractivity contribution in [2.75, 3.05) is 69.2 Å². The third-order valence-corrected chi connectivity index (χ3v) is 5.84. The van der Waals surface area contributed by atoms with E-state index in [-0.39, 0.29) is 11.7 Å². The Kier molecular flexibility index (Phi) is 6.46. The number of likely N-dealkylation sites (N-methyl/N-ethyl adjacent to an activating group) is 1. The second-order valence-electron chi connectivity index (χ2n) is 8.13. The van der Waals surface area contributed by atoms with Gasteiger partial charge in [0.2, 0.25) is 11.9 Å². The van der Waals surface area contributed by atoms with Crippen LogP contribution in [0.2, 0.25) is 0 Å². The summed E-state index contributed by atoms with van der Waals surface area (Å²) >= 11 is 0. The van der Waals surface area contributed by atoms with Gasteiger partial charge in [-0.15, -0.1) is 0 Å². The summed E-state index contributed by atoms with van der Waals surface area (Å²) in [6, 6.07) is 8.48. The summed E-state index contributed by atoms with van der Waals surface area (Å²) < 4.78 is 13.7. The van der Waals surface area contributed by atoms with E-state index >= 15 is 0 Å². The SMILES string of the molecule is Cc1cc(N2CCN(C)CC2)nc(N2CCN(C(=O)/C=C/c3ccccc3F)CC2)n1. The Morgan fingerprint density at radius 2 is 1.65 bits per heavy atom. The van der Waals surface area contributed by atoms with Crippen LogP contribution in [0.15, 0.2) is 36.4 Å². The zero-order valence-corrected chi connectivity index (χ0v) is 18.2. The first-order valence-corrected chi connectivity index (χ1v) is 10.8. The van der Waals surface area contributed by atoms with Crippen molar-refractivity contribution in [3.8, 4) is 0 Å². The summed E-state index contributed by atoms with van der Waals surface area (Å²) in [5, 5.41) is 0. The molecule has 0 N–H and O–H groups in total. The summed E-state index contributed by atoms with van der Waals surface area (Å²) in [5.74, 6) is 1.26. The number of hydrogen-bond acceptors (Lipinski definition) is 6. The molecule has 3 heterocycles. The molecule has 1 aromatic carbocycles. The zero-order chi connectivity index (χ0) is 21.8. The number of halogens is 1. The van der Waals surface area contributed by atoms with E-state index < -0.39 is 0 Å². The number of hydrogen-bond donors (Lipinski definition) is 0. The Bertz CT molecular complexity index is 949. The predicted octanol–water partition coefficient (Wildman–Crippen LogP) is 2.04. The fourth-order valence-corrected chi connectivity index (χ4v) is 3.88. The van der Waals surface area contributed by atoms with E-state index in [2.05, 4.69) is 26.7 Å². The standard InChI is InChI=1S/C23H29FN6O/c1-18-17-21(28-11-9-27(2)10-12-28)26-23(25-18)30-15-13-29(14-16-30)22(31)8-7-19-5-3-4-6-20(19)24/h3-8,17H,9-16H2,1-2H3/b8-7+. The zero-order valence-electron chi connectivity index (χ0n) is 18.2. The van der Waals surface area contributed by atoms with Crippen LogP contribution >= 0.6 is 0 Å². The van der Waals surface area contributed by atoms with Crippen molar-refractivity contribution in [3.05, 3.63) is 53.5 Å². The van der Waals surface area contributed by atoms with Crippen LogP contribution in [-0.4, -0.2) is 85.1 Å². The molecule has 2 saturated heterocycles. The molecular weight excluding hydrogens is 395 g/mol. The van der Waals surface area contributed by atoms with Crippen molar-refractivity contribution < 1.29 is 9.18 Å². The van der Waals surface area contributed by atoms with Crippen molar-refractivity contribution in [2.45, 2.75) is 6.92 Å². The van der Waals surface area contributed by atoms with Gasteiger partial charge in [-0.1, -0.05) is 18.2 Å². The highest BCUT2D eigenvalue weighted by atomic mass is 19.1. The van der Waals surface area contributed by atoms with E-state index in [1.165, 1.54) is 18.2 Å². The number of amides is 1. The third kappa shape index (κ3) is 5.19. The second-order valence-corrected chi connectivity index (χ2v) is 8.13. The van der Waals surface area contributed by atoms with E-state index in [9.17, 15) is 9.18 Å². The van der Waals surface area contributed by atoms with Crippen LogP contribution in [0.4, 0.5) is 16.2 Å². The number of anilines is 2. The molecule has 8 heteroatoms. The van der Waals surface area contributed by atoms with E-state index in [1.54, 1.807) is 23.1 Å². The summed E-state index contributed by atoms with van der Waals surface area (Å²) in [7, 11) is 2.14. The molecular formula is C23H29FN6O. The monoisotopic (exact) mass is 424 g/mol. The molecule has 2 aliphatic heterocycles. The molecule has 1 amide bonds. The minimum atomic E-state index is -0.330. The van der Waals surface area contributed by atoms with Gasteiger partial charge in [0.15, 0.2) is 0 Å². The first kappa shape index (κ1) is 21.2. The first-order chi connectivity index (χ1) is 15.0. The van der Waals surface area contributed by atoms with Crippen molar-refractivity contribution in [1.82, 2.24) is 19.8 Å². The summed E-state index contributed by atoms with van der Waals surface area (Å²) in [6.07, 6.45) is 2.98. The molecule has 2 fully saturated rings. The fourth-order valence-electron chi connectivity index (χ4n) is 3.88. The van der Waals surface area contributed by atoms with Gasteiger partial charge >= 0.3 is 0 Å². The normalized spacial score (nSPS) is 18.1. The van der Waals surface area contributed by atoms with Gasteiger partial charge in [-0.2, -0.15) is 4.98 Å². The average molecular weight is 425 g/mol. The summed E-state index contributed by atoms with van der Waals surface area (Å²) in [5.41, 5.74) is 1.37. The van der Waals surface area contributed by atoms with Crippen LogP contribution in [0.25, 0.3) is 6.08 Å². The minimum Gasteiger partial charge on any atom is -0.354 e. The van der Waals surface area contributed by atoms with Crippen LogP contribution in [0.1, 0.15) is 11.3 Å².